The Balaban J connectivity index is 3.39. The van der Waals surface area contributed by atoms with Crippen LogP contribution < -0.4 is 11.5 Å². The first-order chi connectivity index (χ1) is 5.41. The summed E-state index contributed by atoms with van der Waals surface area (Å²) in [4.78, 5) is 3.02. The molecule has 7 heteroatoms. The van der Waals surface area contributed by atoms with E-state index in [2.05, 4.69) is 4.98 Å². The van der Waals surface area contributed by atoms with Gasteiger partial charge in [-0.15, -0.1) is 0 Å². The van der Waals surface area contributed by atoms with Crippen LogP contribution in [0.3, 0.4) is 0 Å². The summed E-state index contributed by atoms with van der Waals surface area (Å²) in [5.41, 5.74) is 10.4. The molecule has 0 spiro atoms. The summed E-state index contributed by atoms with van der Waals surface area (Å²) < 4.78 is 29.7. The zero-order chi connectivity index (χ0) is 9.35. The molecule has 0 fully saturated rings. The maximum absolute atomic E-state index is 10.6. The van der Waals surface area contributed by atoms with E-state index < -0.39 is 15.0 Å². The van der Waals surface area contributed by atoms with Crippen molar-refractivity contribution in [3.05, 3.63) is 12.1 Å². The largest absolute Gasteiger partial charge is 0.384 e. The van der Waals surface area contributed by atoms with Crippen molar-refractivity contribution in [2.75, 3.05) is 11.5 Å². The van der Waals surface area contributed by atoms with E-state index in [9.17, 15) is 8.42 Å². The van der Waals surface area contributed by atoms with Crippen molar-refractivity contribution in [2.24, 2.45) is 0 Å². The van der Waals surface area contributed by atoms with Gasteiger partial charge in [-0.3, -0.25) is 4.55 Å². The van der Waals surface area contributed by atoms with Gasteiger partial charge in [0.05, 0.1) is 0 Å². The third-order valence-electron chi connectivity index (χ3n) is 1.19. The first-order valence-electron chi connectivity index (χ1n) is 2.91. The Morgan fingerprint density at radius 2 is 1.92 bits per heavy atom. The molecule has 1 aromatic rings. The van der Waals surface area contributed by atoms with Crippen LogP contribution in [0.5, 0.6) is 0 Å². The van der Waals surface area contributed by atoms with Gasteiger partial charge in [-0.25, -0.2) is 4.98 Å². The van der Waals surface area contributed by atoms with Crippen molar-refractivity contribution in [1.29, 1.82) is 0 Å². The summed E-state index contributed by atoms with van der Waals surface area (Å²) in [6, 6.07) is 2.33. The van der Waals surface area contributed by atoms with Crippen LogP contribution in [0.1, 0.15) is 0 Å². The average molecular weight is 189 g/mol. The Hall–Kier alpha value is -1.34. The fourth-order valence-electron chi connectivity index (χ4n) is 0.696. The number of pyridine rings is 1. The number of aromatic nitrogens is 1. The van der Waals surface area contributed by atoms with Gasteiger partial charge in [0.1, 0.15) is 16.5 Å². The second kappa shape index (κ2) is 2.61. The highest BCUT2D eigenvalue weighted by molar-refractivity contribution is 7.86. The molecular formula is C5H7N3O3S. The summed E-state index contributed by atoms with van der Waals surface area (Å²) in [5.74, 6) is -0.211. The maximum atomic E-state index is 10.6. The fourth-order valence-corrected chi connectivity index (χ4v) is 1.25. The Bertz CT molecular complexity index is 400. The normalized spacial score (nSPS) is 11.4. The lowest BCUT2D eigenvalue weighted by Crippen LogP contribution is -2.06. The summed E-state index contributed by atoms with van der Waals surface area (Å²) in [7, 11) is -4.29. The molecule has 0 aromatic carbocycles. The molecule has 0 amide bonds. The minimum atomic E-state index is -4.29. The lowest BCUT2D eigenvalue weighted by Gasteiger charge is -2.00. The number of hydrogen-bond acceptors (Lipinski definition) is 5. The van der Waals surface area contributed by atoms with Crippen molar-refractivity contribution in [2.45, 2.75) is 4.90 Å². The summed E-state index contributed by atoms with van der Waals surface area (Å²) >= 11 is 0. The van der Waals surface area contributed by atoms with Crippen molar-refractivity contribution < 1.29 is 13.0 Å². The summed E-state index contributed by atoms with van der Waals surface area (Å²) in [6.07, 6.45) is 0. The van der Waals surface area contributed by atoms with E-state index in [4.69, 9.17) is 16.0 Å². The Morgan fingerprint density at radius 1 is 1.33 bits per heavy atom. The minimum Gasteiger partial charge on any atom is -0.384 e. The van der Waals surface area contributed by atoms with Gasteiger partial charge in [0, 0.05) is 0 Å². The van der Waals surface area contributed by atoms with E-state index in [1.165, 1.54) is 6.07 Å². The summed E-state index contributed by atoms with van der Waals surface area (Å²) in [5, 5.41) is 0. The molecule has 0 bridgehead atoms. The van der Waals surface area contributed by atoms with Gasteiger partial charge in [0.25, 0.3) is 10.1 Å². The van der Waals surface area contributed by atoms with Crippen LogP contribution in [0.4, 0.5) is 11.6 Å². The quantitative estimate of drug-likeness (QED) is 0.512. The van der Waals surface area contributed by atoms with Crippen LogP contribution in [0.25, 0.3) is 0 Å². The topological polar surface area (TPSA) is 119 Å². The molecule has 0 aliphatic heterocycles. The lowest BCUT2D eigenvalue weighted by atomic mass is 10.4. The van der Waals surface area contributed by atoms with Gasteiger partial charge in [-0.1, -0.05) is 0 Å². The maximum Gasteiger partial charge on any atom is 0.298 e. The molecule has 0 radical (unpaired) electrons. The van der Waals surface area contributed by atoms with Crippen molar-refractivity contribution in [3.63, 3.8) is 0 Å². The number of nitrogens with zero attached hydrogens (tertiary/aromatic N) is 1. The minimum absolute atomic E-state index is 0.0971. The Morgan fingerprint density at radius 3 is 2.33 bits per heavy atom. The average Bonchev–Trinajstić information content (AvgIpc) is 1.83. The van der Waals surface area contributed by atoms with Crippen LogP contribution in [0.15, 0.2) is 17.0 Å². The third kappa shape index (κ3) is 1.63. The molecule has 6 nitrogen and oxygen atoms in total. The van der Waals surface area contributed by atoms with Crippen LogP contribution in [0.2, 0.25) is 0 Å². The molecule has 12 heavy (non-hydrogen) atoms. The second-order valence-corrected chi connectivity index (χ2v) is 3.48. The molecular weight excluding hydrogens is 182 g/mol. The highest BCUT2D eigenvalue weighted by Crippen LogP contribution is 2.16. The van der Waals surface area contributed by atoms with Gasteiger partial charge < -0.3 is 11.5 Å². The van der Waals surface area contributed by atoms with Crippen molar-refractivity contribution in [1.82, 2.24) is 4.98 Å². The van der Waals surface area contributed by atoms with Crippen LogP contribution in [0, 0.1) is 0 Å². The molecule has 0 atom stereocenters. The van der Waals surface area contributed by atoms with E-state index in [0.29, 0.717) is 0 Å². The SMILES string of the molecule is Nc1ccc(S(=O)(=O)O)c(N)n1. The standard InChI is InChI=1S/C5H7N3O3S/c6-4-2-1-3(5(7)8-4)12(9,10)11/h1-2H,(H4,6,7,8)(H,9,10,11). The molecule has 0 aliphatic carbocycles. The van der Waals surface area contributed by atoms with E-state index >= 15 is 0 Å². The first-order valence-corrected chi connectivity index (χ1v) is 4.35. The molecule has 1 heterocycles. The Labute approximate surface area is 69.0 Å². The predicted molar refractivity (Wildman–Crippen MR) is 42.9 cm³/mol. The lowest BCUT2D eigenvalue weighted by molar-refractivity contribution is 0.483. The van der Waals surface area contributed by atoms with Gasteiger partial charge in [-0.05, 0) is 12.1 Å². The highest BCUT2D eigenvalue weighted by Gasteiger charge is 2.14. The van der Waals surface area contributed by atoms with E-state index in [1.807, 2.05) is 0 Å². The molecule has 1 aromatic heterocycles. The van der Waals surface area contributed by atoms with E-state index in [1.54, 1.807) is 0 Å². The smallest absolute Gasteiger partial charge is 0.298 e. The van der Waals surface area contributed by atoms with E-state index in [0.717, 1.165) is 6.07 Å². The molecule has 0 saturated heterocycles. The molecule has 1 rings (SSSR count). The van der Waals surface area contributed by atoms with Crippen LogP contribution >= 0.6 is 0 Å². The van der Waals surface area contributed by atoms with Gasteiger partial charge in [-0.2, -0.15) is 8.42 Å². The summed E-state index contributed by atoms with van der Waals surface area (Å²) in [6.45, 7) is 0. The number of anilines is 2. The predicted octanol–water partition coefficient (Wildman–Crippen LogP) is -0.507. The third-order valence-corrected chi connectivity index (χ3v) is 2.09. The van der Waals surface area contributed by atoms with Crippen LogP contribution in [-0.4, -0.2) is 18.0 Å². The molecule has 66 valence electrons. The fraction of sp³-hybridized carbons (Fsp3) is 0. The first kappa shape index (κ1) is 8.75. The zero-order valence-electron chi connectivity index (χ0n) is 5.93. The number of nitrogens with two attached hydrogens (primary N) is 2. The molecule has 0 unspecified atom stereocenters. The number of hydrogen-bond donors (Lipinski definition) is 3. The second-order valence-electron chi connectivity index (χ2n) is 2.09. The number of nitrogen functional groups attached to an aromatic ring is 2. The zero-order valence-corrected chi connectivity index (χ0v) is 6.75. The van der Waals surface area contributed by atoms with Crippen LogP contribution in [-0.2, 0) is 10.1 Å². The Kier molecular flexibility index (Phi) is 1.90. The number of rotatable bonds is 1. The van der Waals surface area contributed by atoms with Gasteiger partial charge in [0.15, 0.2) is 0 Å². The molecule has 0 saturated carbocycles. The molecule has 0 aliphatic rings. The monoisotopic (exact) mass is 189 g/mol. The molecule has 5 N–H and O–H groups in total. The van der Waals surface area contributed by atoms with Crippen molar-refractivity contribution in [3.8, 4) is 0 Å². The van der Waals surface area contributed by atoms with Gasteiger partial charge in [0.2, 0.25) is 0 Å². The van der Waals surface area contributed by atoms with Gasteiger partial charge >= 0.3 is 0 Å². The highest BCUT2D eigenvalue weighted by atomic mass is 32.2. The van der Waals surface area contributed by atoms with E-state index in [-0.39, 0.29) is 11.6 Å². The van der Waals surface area contributed by atoms with Crippen molar-refractivity contribution >= 4 is 21.8 Å².